The second-order valence-electron chi connectivity index (χ2n) is 5.48. The number of aryl methyl sites for hydroxylation is 1. The van der Waals surface area contributed by atoms with Crippen LogP contribution in [0.2, 0.25) is 0 Å². The van der Waals surface area contributed by atoms with E-state index in [2.05, 4.69) is 11.4 Å². The lowest BCUT2D eigenvalue weighted by molar-refractivity contribution is -0.120. The topological polar surface area (TPSA) is 56.8 Å². The molecule has 1 N–H and O–H groups in total. The first-order chi connectivity index (χ1) is 11.6. The van der Waals surface area contributed by atoms with E-state index in [9.17, 15) is 4.79 Å². The number of ether oxygens (including phenoxy) is 3. The van der Waals surface area contributed by atoms with Gasteiger partial charge >= 0.3 is 0 Å². The van der Waals surface area contributed by atoms with Crippen LogP contribution in [0.3, 0.4) is 0 Å². The molecule has 5 heteroatoms. The van der Waals surface area contributed by atoms with E-state index >= 15 is 0 Å². The lowest BCUT2D eigenvalue weighted by Crippen LogP contribution is -2.24. The van der Waals surface area contributed by atoms with Crippen molar-refractivity contribution in [2.75, 3.05) is 21.3 Å². The van der Waals surface area contributed by atoms with Crippen molar-refractivity contribution in [1.82, 2.24) is 5.32 Å². The van der Waals surface area contributed by atoms with Crippen molar-refractivity contribution < 1.29 is 19.0 Å². The fourth-order valence-electron chi connectivity index (χ4n) is 2.51. The minimum absolute atomic E-state index is 0.0641. The van der Waals surface area contributed by atoms with Crippen LogP contribution in [0.1, 0.15) is 16.7 Å². The molecule has 0 aliphatic rings. The summed E-state index contributed by atoms with van der Waals surface area (Å²) in [5.41, 5.74) is 3.05. The molecule has 2 rings (SSSR count). The summed E-state index contributed by atoms with van der Waals surface area (Å²) in [5.74, 6) is 1.53. The van der Waals surface area contributed by atoms with Gasteiger partial charge in [0.15, 0.2) is 11.5 Å². The van der Waals surface area contributed by atoms with Crippen LogP contribution in [0, 0.1) is 6.92 Å². The van der Waals surface area contributed by atoms with Crippen LogP contribution in [0.4, 0.5) is 0 Å². The van der Waals surface area contributed by atoms with Crippen LogP contribution >= 0.6 is 0 Å². The van der Waals surface area contributed by atoms with E-state index in [-0.39, 0.29) is 12.3 Å². The van der Waals surface area contributed by atoms with E-state index in [1.807, 2.05) is 25.1 Å². The summed E-state index contributed by atoms with van der Waals surface area (Å²) in [6.07, 6.45) is 0.239. The van der Waals surface area contributed by atoms with Crippen LogP contribution in [-0.2, 0) is 17.8 Å². The summed E-state index contributed by atoms with van der Waals surface area (Å²) in [6, 6.07) is 11.6. The third kappa shape index (κ3) is 4.41. The minimum Gasteiger partial charge on any atom is -0.493 e. The third-order valence-corrected chi connectivity index (χ3v) is 3.66. The molecule has 2 aromatic carbocycles. The minimum atomic E-state index is -0.0641. The second-order valence-corrected chi connectivity index (χ2v) is 5.48. The third-order valence-electron chi connectivity index (χ3n) is 3.66. The van der Waals surface area contributed by atoms with E-state index in [4.69, 9.17) is 14.2 Å². The van der Waals surface area contributed by atoms with Crippen LogP contribution in [0.15, 0.2) is 36.4 Å². The van der Waals surface area contributed by atoms with E-state index in [1.54, 1.807) is 33.5 Å². The summed E-state index contributed by atoms with van der Waals surface area (Å²) in [7, 11) is 4.66. The molecular formula is C19H23NO4. The smallest absolute Gasteiger partial charge is 0.224 e. The Morgan fingerprint density at radius 2 is 1.62 bits per heavy atom. The Morgan fingerprint density at radius 1 is 0.958 bits per heavy atom. The fourth-order valence-corrected chi connectivity index (χ4v) is 2.51. The van der Waals surface area contributed by atoms with Crippen molar-refractivity contribution in [2.45, 2.75) is 19.9 Å². The highest BCUT2D eigenvalue weighted by Gasteiger charge is 2.14. The van der Waals surface area contributed by atoms with E-state index in [1.165, 1.54) is 5.56 Å². The summed E-state index contributed by atoms with van der Waals surface area (Å²) in [4.78, 5) is 12.2. The number of carbonyl (C=O) groups is 1. The second kappa shape index (κ2) is 8.24. The number of methoxy groups -OCH3 is 3. The largest absolute Gasteiger partial charge is 0.493 e. The number of hydrogen-bond donors (Lipinski definition) is 1. The molecular weight excluding hydrogens is 306 g/mol. The van der Waals surface area contributed by atoms with Gasteiger partial charge in [0.05, 0.1) is 27.8 Å². The van der Waals surface area contributed by atoms with Crippen molar-refractivity contribution in [3.8, 4) is 17.2 Å². The molecule has 0 unspecified atom stereocenters. The maximum atomic E-state index is 12.2. The van der Waals surface area contributed by atoms with Crippen molar-refractivity contribution in [3.05, 3.63) is 53.1 Å². The van der Waals surface area contributed by atoms with Gasteiger partial charge in [-0.3, -0.25) is 4.79 Å². The first kappa shape index (κ1) is 17.7. The van der Waals surface area contributed by atoms with E-state index in [0.717, 1.165) is 11.1 Å². The monoisotopic (exact) mass is 329 g/mol. The number of nitrogens with one attached hydrogen (secondary N) is 1. The molecule has 0 radical (unpaired) electrons. The maximum absolute atomic E-state index is 12.2. The predicted octanol–water partition coefficient (Wildman–Crippen LogP) is 2.88. The SMILES string of the molecule is COc1cc(CC(=O)NCc2cccc(C)c2)cc(OC)c1OC. The standard InChI is InChI=1S/C19H23NO4/c1-13-6-5-7-14(8-13)12-20-18(21)11-15-9-16(22-2)19(24-4)17(10-15)23-3/h5-10H,11-12H2,1-4H3,(H,20,21). The normalized spacial score (nSPS) is 10.2. The molecule has 1 amide bonds. The Morgan fingerprint density at radius 3 is 2.17 bits per heavy atom. The first-order valence-corrected chi connectivity index (χ1v) is 7.68. The summed E-state index contributed by atoms with van der Waals surface area (Å²) in [6.45, 7) is 2.53. The van der Waals surface area contributed by atoms with Gasteiger partial charge in [-0.1, -0.05) is 29.8 Å². The highest BCUT2D eigenvalue weighted by Crippen LogP contribution is 2.38. The molecule has 0 heterocycles. The van der Waals surface area contributed by atoms with Gasteiger partial charge in [0.25, 0.3) is 0 Å². The molecule has 128 valence electrons. The number of carbonyl (C=O) groups excluding carboxylic acids is 1. The van der Waals surface area contributed by atoms with Gasteiger partial charge in [-0.15, -0.1) is 0 Å². The van der Waals surface area contributed by atoms with Crippen molar-refractivity contribution in [3.63, 3.8) is 0 Å². The number of benzene rings is 2. The van der Waals surface area contributed by atoms with Gasteiger partial charge < -0.3 is 19.5 Å². The molecule has 0 aromatic heterocycles. The van der Waals surface area contributed by atoms with Gasteiger partial charge in [0, 0.05) is 6.54 Å². The van der Waals surface area contributed by atoms with E-state index < -0.39 is 0 Å². The maximum Gasteiger partial charge on any atom is 0.224 e. The zero-order valence-corrected chi connectivity index (χ0v) is 14.5. The zero-order valence-electron chi connectivity index (χ0n) is 14.5. The number of amides is 1. The van der Waals surface area contributed by atoms with Gasteiger partial charge in [0.2, 0.25) is 11.7 Å². The molecule has 5 nitrogen and oxygen atoms in total. The highest BCUT2D eigenvalue weighted by molar-refractivity contribution is 5.79. The Balaban J connectivity index is 2.05. The molecule has 0 bridgehead atoms. The van der Waals surface area contributed by atoms with Gasteiger partial charge in [-0.2, -0.15) is 0 Å². The molecule has 0 spiro atoms. The van der Waals surface area contributed by atoms with Gasteiger partial charge in [-0.05, 0) is 30.2 Å². The lowest BCUT2D eigenvalue weighted by atomic mass is 10.1. The number of hydrogen-bond acceptors (Lipinski definition) is 4. The van der Waals surface area contributed by atoms with Crippen molar-refractivity contribution in [2.24, 2.45) is 0 Å². The fraction of sp³-hybridized carbons (Fsp3) is 0.316. The molecule has 2 aromatic rings. The Kier molecular flexibility index (Phi) is 6.07. The molecule has 0 saturated carbocycles. The predicted molar refractivity (Wildman–Crippen MR) is 92.8 cm³/mol. The first-order valence-electron chi connectivity index (χ1n) is 7.68. The molecule has 0 atom stereocenters. The Bertz CT molecular complexity index is 687. The summed E-state index contributed by atoms with van der Waals surface area (Å²) >= 11 is 0. The zero-order chi connectivity index (χ0) is 17.5. The number of rotatable bonds is 7. The van der Waals surface area contributed by atoms with Crippen LogP contribution in [-0.4, -0.2) is 27.2 Å². The van der Waals surface area contributed by atoms with Crippen molar-refractivity contribution >= 4 is 5.91 Å². The lowest BCUT2D eigenvalue weighted by Gasteiger charge is -2.14. The van der Waals surface area contributed by atoms with Crippen molar-refractivity contribution in [1.29, 1.82) is 0 Å². The molecule has 0 aliphatic carbocycles. The molecule has 0 saturated heterocycles. The van der Waals surface area contributed by atoms with Gasteiger partial charge in [-0.25, -0.2) is 0 Å². The molecule has 0 aliphatic heterocycles. The Labute approximate surface area is 142 Å². The quantitative estimate of drug-likeness (QED) is 0.848. The van der Waals surface area contributed by atoms with Crippen LogP contribution in [0.5, 0.6) is 17.2 Å². The molecule has 24 heavy (non-hydrogen) atoms. The Hall–Kier alpha value is -2.69. The van der Waals surface area contributed by atoms with Gasteiger partial charge in [0.1, 0.15) is 0 Å². The summed E-state index contributed by atoms with van der Waals surface area (Å²) < 4.78 is 15.9. The summed E-state index contributed by atoms with van der Waals surface area (Å²) in [5, 5.41) is 2.93. The van der Waals surface area contributed by atoms with Crippen LogP contribution in [0.25, 0.3) is 0 Å². The highest BCUT2D eigenvalue weighted by atomic mass is 16.5. The average Bonchev–Trinajstić information content (AvgIpc) is 2.59. The molecule has 0 fully saturated rings. The van der Waals surface area contributed by atoms with E-state index in [0.29, 0.717) is 23.8 Å². The van der Waals surface area contributed by atoms with Crippen LogP contribution < -0.4 is 19.5 Å². The average molecular weight is 329 g/mol.